The first kappa shape index (κ1) is 36.8. The number of fused-ring (bicyclic) bond motifs is 3. The van der Waals surface area contributed by atoms with Crippen LogP contribution in [0.2, 0.25) is 0 Å². The van der Waals surface area contributed by atoms with Crippen molar-refractivity contribution >= 4 is 24.8 Å². The van der Waals surface area contributed by atoms with Crippen LogP contribution in [-0.4, -0.2) is 3.21 Å². The maximum Gasteiger partial charge on any atom is -0.0259 e. The van der Waals surface area contributed by atoms with Gasteiger partial charge in [0, 0.05) is 0 Å². The summed E-state index contributed by atoms with van der Waals surface area (Å²) >= 11 is 1.55. The van der Waals surface area contributed by atoms with Crippen molar-refractivity contribution in [1.29, 1.82) is 0 Å². The molecule has 0 spiro atoms. The molecule has 0 heterocycles. The maximum absolute atomic E-state index is 3.40. The minimum Gasteiger partial charge on any atom is -1.00 e. The van der Waals surface area contributed by atoms with Gasteiger partial charge in [0.05, 0.1) is 0 Å². The predicted molar refractivity (Wildman–Crippen MR) is 178 cm³/mol. The van der Waals surface area contributed by atoms with E-state index in [1.807, 2.05) is 0 Å². The summed E-state index contributed by atoms with van der Waals surface area (Å²) in [5.74, 6) is 0.587. The van der Waals surface area contributed by atoms with E-state index < -0.39 is 0 Å². The normalized spacial score (nSPS) is 13.6. The van der Waals surface area contributed by atoms with Gasteiger partial charge in [0.1, 0.15) is 0 Å². The van der Waals surface area contributed by atoms with Gasteiger partial charge in [-0.3, -0.25) is 6.08 Å². The Morgan fingerprint density at radius 2 is 1.16 bits per heavy atom. The average Bonchev–Trinajstić information content (AvgIpc) is 3.58. The molecular formula is C40H42Cl2Zr-2. The van der Waals surface area contributed by atoms with Gasteiger partial charge in [0.2, 0.25) is 0 Å². The molecule has 0 amide bonds. The van der Waals surface area contributed by atoms with Crippen molar-refractivity contribution in [1.82, 2.24) is 0 Å². The fourth-order valence-corrected chi connectivity index (χ4v) is 5.10. The van der Waals surface area contributed by atoms with Crippen LogP contribution in [0.1, 0.15) is 54.4 Å². The van der Waals surface area contributed by atoms with Gasteiger partial charge in [-0.25, -0.2) is 6.08 Å². The van der Waals surface area contributed by atoms with E-state index in [2.05, 4.69) is 163 Å². The summed E-state index contributed by atoms with van der Waals surface area (Å²) in [4.78, 5) is 0. The van der Waals surface area contributed by atoms with Gasteiger partial charge in [0.15, 0.2) is 0 Å². The van der Waals surface area contributed by atoms with E-state index in [0.717, 1.165) is 0 Å². The molecule has 0 aliphatic heterocycles. The largest absolute Gasteiger partial charge is 1.00 e. The number of benzene rings is 4. The van der Waals surface area contributed by atoms with E-state index in [9.17, 15) is 0 Å². The molecule has 1 atom stereocenters. The van der Waals surface area contributed by atoms with E-state index in [0.29, 0.717) is 11.3 Å². The van der Waals surface area contributed by atoms with Gasteiger partial charge in [-0.05, 0) is 11.1 Å². The van der Waals surface area contributed by atoms with Crippen LogP contribution in [0.4, 0.5) is 0 Å². The van der Waals surface area contributed by atoms with Crippen LogP contribution in [0.25, 0.3) is 43.8 Å². The van der Waals surface area contributed by atoms with E-state index in [4.69, 9.17) is 0 Å². The van der Waals surface area contributed by atoms with Gasteiger partial charge < -0.3 is 24.8 Å². The quantitative estimate of drug-likeness (QED) is 0.218. The fourth-order valence-electron chi connectivity index (χ4n) is 5.10. The third kappa shape index (κ3) is 10.3. The van der Waals surface area contributed by atoms with Crippen LogP contribution < -0.4 is 24.8 Å². The van der Waals surface area contributed by atoms with Gasteiger partial charge in [-0.15, -0.1) is 39.7 Å². The van der Waals surface area contributed by atoms with E-state index in [-0.39, 0.29) is 24.8 Å². The third-order valence-corrected chi connectivity index (χ3v) is 7.22. The summed E-state index contributed by atoms with van der Waals surface area (Å²) < 4.78 is 1.51. The molecule has 1 aliphatic carbocycles. The van der Waals surface area contributed by atoms with Crippen LogP contribution in [0.15, 0.2) is 121 Å². The number of halogens is 2. The number of hydrogen-bond donors (Lipinski definition) is 0. The van der Waals surface area contributed by atoms with Crippen LogP contribution in [0.3, 0.4) is 0 Å². The minimum atomic E-state index is 0. The molecule has 0 radical (unpaired) electrons. The van der Waals surface area contributed by atoms with Gasteiger partial charge in [-0.2, -0.15) is 11.6 Å². The first-order chi connectivity index (χ1) is 19.7. The molecule has 5 aromatic rings. The smallest absolute Gasteiger partial charge is 0.0259 e. The third-order valence-electron chi connectivity index (χ3n) is 7.22. The van der Waals surface area contributed by atoms with Crippen molar-refractivity contribution in [2.75, 3.05) is 0 Å². The maximum atomic E-state index is 3.40. The minimum absolute atomic E-state index is 0. The average molecular weight is 685 g/mol. The Morgan fingerprint density at radius 3 is 1.53 bits per heavy atom. The summed E-state index contributed by atoms with van der Waals surface area (Å²) in [6, 6.07) is 37.0. The number of rotatable bonds is 4. The molecule has 222 valence electrons. The molecular weight excluding hydrogens is 643 g/mol. The number of hydrogen-bond acceptors (Lipinski definition) is 0. The molecule has 0 N–H and O–H groups in total. The first-order valence-electron chi connectivity index (χ1n) is 14.7. The van der Waals surface area contributed by atoms with E-state index in [1.165, 1.54) is 65.4 Å². The molecule has 1 aliphatic rings. The van der Waals surface area contributed by atoms with Gasteiger partial charge in [-0.1, -0.05) is 148 Å². The van der Waals surface area contributed by atoms with Crippen molar-refractivity contribution in [3.8, 4) is 22.3 Å². The summed E-state index contributed by atoms with van der Waals surface area (Å²) in [7, 11) is 0. The summed E-state index contributed by atoms with van der Waals surface area (Å²) in [6.07, 6.45) is 10.4. The van der Waals surface area contributed by atoms with E-state index >= 15 is 0 Å². The second-order valence-corrected chi connectivity index (χ2v) is 14.5. The van der Waals surface area contributed by atoms with E-state index in [1.54, 1.807) is 24.2 Å². The molecule has 0 fully saturated rings. The Hall–Kier alpha value is -2.44. The Labute approximate surface area is 286 Å². The predicted octanol–water partition coefficient (Wildman–Crippen LogP) is 5.55. The van der Waals surface area contributed by atoms with Crippen molar-refractivity contribution in [3.05, 3.63) is 127 Å². The van der Waals surface area contributed by atoms with Crippen molar-refractivity contribution in [3.63, 3.8) is 0 Å². The molecule has 3 heteroatoms. The topological polar surface area (TPSA) is 0 Å². The van der Waals surface area contributed by atoms with Crippen molar-refractivity contribution in [2.24, 2.45) is 11.3 Å². The van der Waals surface area contributed by atoms with Crippen LogP contribution in [-0.2, 0) is 24.2 Å². The molecule has 43 heavy (non-hydrogen) atoms. The SMILES string of the molecule is CCCC1[C-]=CC(C(C)(C)C)=C1.C[C](C)=[Zr+2].[Cl-].[Cl-].c1ccc(-c2ccc3c(c2)[cH-]c2cc(-c4ccccc4)ccc23)cc1. The Balaban J connectivity index is 0.000000304. The number of allylic oxidation sites excluding steroid dienone is 4. The first-order valence-corrected chi connectivity index (χ1v) is 16.0. The zero-order chi connectivity index (χ0) is 29.4. The molecule has 1 unspecified atom stereocenters. The molecule has 5 aromatic carbocycles. The zero-order valence-corrected chi connectivity index (χ0v) is 30.2. The second kappa shape index (κ2) is 17.2. The molecule has 0 bridgehead atoms. The van der Waals surface area contributed by atoms with Crippen LogP contribution in [0.5, 0.6) is 0 Å². The molecule has 0 aromatic heterocycles. The van der Waals surface area contributed by atoms with Crippen molar-refractivity contribution in [2.45, 2.75) is 54.4 Å². The Morgan fingerprint density at radius 1 is 0.721 bits per heavy atom. The molecule has 0 saturated heterocycles. The Bertz CT molecular complexity index is 1550. The van der Waals surface area contributed by atoms with Crippen LogP contribution >= 0.6 is 0 Å². The molecule has 0 saturated carbocycles. The monoisotopic (exact) mass is 682 g/mol. The fraction of sp³-hybridized carbons (Fsp3) is 0.250. The second-order valence-electron chi connectivity index (χ2n) is 12.1. The summed E-state index contributed by atoms with van der Waals surface area (Å²) in [5.41, 5.74) is 6.81. The molecule has 6 rings (SSSR count). The molecule has 0 nitrogen and oxygen atoms in total. The zero-order valence-electron chi connectivity index (χ0n) is 26.2. The van der Waals surface area contributed by atoms with Gasteiger partial charge >= 0.3 is 41.3 Å². The summed E-state index contributed by atoms with van der Waals surface area (Å²) in [6.45, 7) is 13.2. The summed E-state index contributed by atoms with van der Waals surface area (Å²) in [5, 5.41) is 5.27. The Kier molecular flexibility index (Phi) is 14.7. The van der Waals surface area contributed by atoms with Gasteiger partial charge in [0.25, 0.3) is 0 Å². The van der Waals surface area contributed by atoms with Crippen LogP contribution in [0, 0.1) is 17.4 Å². The standard InChI is InChI=1S/C25H17.C12H19.C3H6.2ClH.Zr/c1-3-7-18(8-4-1)20-11-13-24-22(15-20)17-23-16-21(12-14-25(23)24)19-9-5-2-6-10-19;1-5-6-10-7-8-11(9-10)12(2,3)4;1-3-2;;;/h1-17H;8-10H,5-6H2,1-4H3;1-2H3;2*1H;/q2*-1;;;;+2/p-2. The van der Waals surface area contributed by atoms with Crippen molar-refractivity contribution < 1.29 is 49.0 Å².